The van der Waals surface area contributed by atoms with Crippen molar-refractivity contribution in [1.82, 2.24) is 4.90 Å². The number of hydrogen-bond acceptors (Lipinski definition) is 5. The molecule has 1 fully saturated rings. The molecule has 142 valence electrons. The molecule has 1 aromatic rings. The average Bonchev–Trinajstić information content (AvgIpc) is 2.99. The van der Waals surface area contributed by atoms with E-state index in [0.717, 1.165) is 12.8 Å². The highest BCUT2D eigenvalue weighted by Gasteiger charge is 2.32. The number of carboxylic acid groups (broad SMARTS) is 2. The Morgan fingerprint density at radius 1 is 1.15 bits per heavy atom. The second kappa shape index (κ2) is 7.63. The summed E-state index contributed by atoms with van der Waals surface area (Å²) in [5, 5.41) is 18.2. The van der Waals surface area contributed by atoms with Crippen LogP contribution in [0, 0.1) is 0 Å². The summed E-state index contributed by atoms with van der Waals surface area (Å²) in [5.41, 5.74) is -1.24. The number of amides is 1. The molecule has 1 unspecified atom stereocenters. The number of carbonyl (C=O) groups excluding carboxylic acids is 1. The van der Waals surface area contributed by atoms with Crippen molar-refractivity contribution in [2.75, 3.05) is 13.2 Å². The van der Waals surface area contributed by atoms with Crippen LogP contribution in [0.25, 0.3) is 0 Å². The van der Waals surface area contributed by atoms with Crippen LogP contribution in [-0.4, -0.2) is 57.9 Å². The molecule has 1 heterocycles. The highest BCUT2D eigenvalue weighted by atomic mass is 16.6. The highest BCUT2D eigenvalue weighted by Crippen LogP contribution is 2.23. The third-order valence-corrected chi connectivity index (χ3v) is 3.90. The van der Waals surface area contributed by atoms with Gasteiger partial charge in [0.05, 0.1) is 17.2 Å². The molecule has 0 aromatic heterocycles. The number of aromatic carboxylic acids is 2. The number of hydrogen-bond donors (Lipinski definition) is 2. The fourth-order valence-electron chi connectivity index (χ4n) is 2.74. The fourth-order valence-corrected chi connectivity index (χ4v) is 2.74. The molecular formula is C18H23NO7. The van der Waals surface area contributed by atoms with Crippen LogP contribution < -0.4 is 4.74 Å². The van der Waals surface area contributed by atoms with Gasteiger partial charge in [-0.05, 0) is 51.8 Å². The Labute approximate surface area is 151 Å². The zero-order chi connectivity index (χ0) is 19.5. The third-order valence-electron chi connectivity index (χ3n) is 3.90. The molecule has 1 atom stereocenters. The molecule has 2 rings (SSSR count). The van der Waals surface area contributed by atoms with Gasteiger partial charge >= 0.3 is 18.0 Å². The van der Waals surface area contributed by atoms with E-state index in [2.05, 4.69) is 0 Å². The van der Waals surface area contributed by atoms with Crippen molar-refractivity contribution in [3.63, 3.8) is 0 Å². The second-order valence-corrected chi connectivity index (χ2v) is 7.10. The SMILES string of the molecule is CC(C)(C)OC(=O)N1CCCC1COc1ccc(C(=O)O)c(C(=O)O)c1. The smallest absolute Gasteiger partial charge is 0.410 e. The zero-order valence-corrected chi connectivity index (χ0v) is 15.0. The summed E-state index contributed by atoms with van der Waals surface area (Å²) < 4.78 is 11.0. The Morgan fingerprint density at radius 2 is 1.81 bits per heavy atom. The molecule has 1 aromatic carbocycles. The first kappa shape index (κ1) is 19.6. The molecule has 26 heavy (non-hydrogen) atoms. The Bertz CT molecular complexity index is 708. The molecular weight excluding hydrogens is 342 g/mol. The minimum Gasteiger partial charge on any atom is -0.491 e. The van der Waals surface area contributed by atoms with Gasteiger partial charge in [0.15, 0.2) is 0 Å². The standard InChI is InChI=1S/C18H23NO7/c1-18(2,3)26-17(24)19-8-4-5-11(19)10-25-12-6-7-13(15(20)21)14(9-12)16(22)23/h6-7,9,11H,4-5,8,10H2,1-3H3,(H,20,21)(H,22,23). The van der Waals surface area contributed by atoms with Gasteiger partial charge < -0.3 is 24.6 Å². The van der Waals surface area contributed by atoms with Gasteiger partial charge in [-0.2, -0.15) is 0 Å². The van der Waals surface area contributed by atoms with Gasteiger partial charge in [-0.3, -0.25) is 0 Å². The minimum absolute atomic E-state index is 0.171. The molecule has 0 radical (unpaired) electrons. The number of benzene rings is 1. The van der Waals surface area contributed by atoms with E-state index < -0.39 is 23.6 Å². The minimum atomic E-state index is -1.34. The zero-order valence-electron chi connectivity index (χ0n) is 15.0. The Hall–Kier alpha value is -2.77. The van der Waals surface area contributed by atoms with Crippen molar-refractivity contribution in [1.29, 1.82) is 0 Å². The molecule has 0 saturated carbocycles. The number of nitrogens with zero attached hydrogens (tertiary/aromatic N) is 1. The summed E-state index contributed by atoms with van der Waals surface area (Å²) in [6.45, 7) is 6.13. The third kappa shape index (κ3) is 4.87. The van der Waals surface area contributed by atoms with Crippen molar-refractivity contribution in [3.05, 3.63) is 29.3 Å². The van der Waals surface area contributed by atoms with Gasteiger partial charge in [-0.1, -0.05) is 0 Å². The highest BCUT2D eigenvalue weighted by molar-refractivity contribution is 6.02. The van der Waals surface area contributed by atoms with Gasteiger partial charge in [0.25, 0.3) is 0 Å². The van der Waals surface area contributed by atoms with Crippen LogP contribution in [0.3, 0.4) is 0 Å². The van der Waals surface area contributed by atoms with Crippen LogP contribution in [0.4, 0.5) is 4.79 Å². The van der Waals surface area contributed by atoms with E-state index >= 15 is 0 Å². The van der Waals surface area contributed by atoms with Gasteiger partial charge in [-0.15, -0.1) is 0 Å². The molecule has 0 aliphatic carbocycles. The van der Waals surface area contributed by atoms with E-state index in [4.69, 9.17) is 19.7 Å². The monoisotopic (exact) mass is 365 g/mol. The largest absolute Gasteiger partial charge is 0.491 e. The lowest BCUT2D eigenvalue weighted by Gasteiger charge is -2.28. The summed E-state index contributed by atoms with van der Waals surface area (Å²) in [5.74, 6) is -2.42. The normalized spacial score (nSPS) is 17.0. The maximum atomic E-state index is 12.3. The van der Waals surface area contributed by atoms with E-state index in [-0.39, 0.29) is 29.5 Å². The van der Waals surface area contributed by atoms with Gasteiger partial charge in [0, 0.05) is 6.54 Å². The lowest BCUT2D eigenvalue weighted by atomic mass is 10.1. The van der Waals surface area contributed by atoms with E-state index in [1.165, 1.54) is 18.2 Å². The quantitative estimate of drug-likeness (QED) is 0.825. The second-order valence-electron chi connectivity index (χ2n) is 7.10. The molecule has 1 aliphatic heterocycles. The van der Waals surface area contributed by atoms with Crippen LogP contribution in [0.5, 0.6) is 5.75 Å². The number of carbonyl (C=O) groups is 3. The predicted octanol–water partition coefficient (Wildman–Crippen LogP) is 2.86. The van der Waals surface area contributed by atoms with Crippen molar-refractivity contribution >= 4 is 18.0 Å². The molecule has 0 bridgehead atoms. The summed E-state index contributed by atoms with van der Waals surface area (Å²) in [6, 6.07) is 3.60. The Balaban J connectivity index is 2.06. The van der Waals surface area contributed by atoms with Crippen molar-refractivity contribution in [2.24, 2.45) is 0 Å². The summed E-state index contributed by atoms with van der Waals surface area (Å²) in [7, 11) is 0. The maximum Gasteiger partial charge on any atom is 0.410 e. The number of rotatable bonds is 5. The molecule has 8 heteroatoms. The van der Waals surface area contributed by atoms with Crippen molar-refractivity contribution in [2.45, 2.75) is 45.3 Å². The summed E-state index contributed by atoms with van der Waals surface area (Å²) in [4.78, 5) is 36.2. The summed E-state index contributed by atoms with van der Waals surface area (Å²) in [6.07, 6.45) is 1.17. The topological polar surface area (TPSA) is 113 Å². The van der Waals surface area contributed by atoms with Gasteiger partial charge in [-0.25, -0.2) is 14.4 Å². The first-order chi connectivity index (χ1) is 12.1. The molecule has 1 saturated heterocycles. The van der Waals surface area contributed by atoms with E-state index in [1.807, 2.05) is 0 Å². The maximum absolute atomic E-state index is 12.3. The van der Waals surface area contributed by atoms with E-state index in [1.54, 1.807) is 25.7 Å². The van der Waals surface area contributed by atoms with Crippen LogP contribution >= 0.6 is 0 Å². The Kier molecular flexibility index (Phi) is 5.74. The molecule has 1 aliphatic rings. The van der Waals surface area contributed by atoms with Gasteiger partial charge in [0.1, 0.15) is 18.0 Å². The van der Waals surface area contributed by atoms with Crippen molar-refractivity contribution < 1.29 is 34.1 Å². The predicted molar refractivity (Wildman–Crippen MR) is 91.8 cm³/mol. The van der Waals surface area contributed by atoms with Crippen LogP contribution in [0.2, 0.25) is 0 Å². The van der Waals surface area contributed by atoms with E-state index in [9.17, 15) is 14.4 Å². The van der Waals surface area contributed by atoms with Crippen LogP contribution in [-0.2, 0) is 4.74 Å². The lowest BCUT2D eigenvalue weighted by Crippen LogP contribution is -2.42. The first-order valence-electron chi connectivity index (χ1n) is 8.31. The van der Waals surface area contributed by atoms with Crippen molar-refractivity contribution in [3.8, 4) is 5.75 Å². The lowest BCUT2D eigenvalue weighted by molar-refractivity contribution is 0.0187. The molecule has 1 amide bonds. The molecule has 8 nitrogen and oxygen atoms in total. The van der Waals surface area contributed by atoms with Gasteiger partial charge in [0.2, 0.25) is 0 Å². The molecule has 2 N–H and O–H groups in total. The van der Waals surface area contributed by atoms with Crippen LogP contribution in [0.1, 0.15) is 54.3 Å². The molecule has 0 spiro atoms. The summed E-state index contributed by atoms with van der Waals surface area (Å²) >= 11 is 0. The number of likely N-dealkylation sites (tertiary alicyclic amines) is 1. The average molecular weight is 365 g/mol. The number of ether oxygens (including phenoxy) is 2. The van der Waals surface area contributed by atoms with Crippen LogP contribution in [0.15, 0.2) is 18.2 Å². The van der Waals surface area contributed by atoms with E-state index in [0.29, 0.717) is 6.54 Å². The number of carboxylic acids is 2. The Morgan fingerprint density at radius 3 is 2.38 bits per heavy atom. The first-order valence-corrected chi connectivity index (χ1v) is 8.31. The fraction of sp³-hybridized carbons (Fsp3) is 0.500.